The lowest BCUT2D eigenvalue weighted by Gasteiger charge is -2.11. The average molecular weight is 343 g/mol. The SMILES string of the molecule is CCOC(=O)C[C@@H](N)c1ccc(Cl)c(Br)c1.Cl. The number of nitrogens with two attached hydrogens (primary N) is 1. The minimum atomic E-state index is -0.368. The fraction of sp³-hybridized carbons (Fsp3) is 0.364. The summed E-state index contributed by atoms with van der Waals surface area (Å²) in [7, 11) is 0. The molecular formula is C11H14BrCl2NO2. The molecule has 0 saturated carbocycles. The van der Waals surface area contributed by atoms with Crippen molar-refractivity contribution < 1.29 is 9.53 Å². The van der Waals surface area contributed by atoms with E-state index in [9.17, 15) is 4.79 Å². The Morgan fingerprint density at radius 3 is 2.76 bits per heavy atom. The molecule has 0 spiro atoms. The van der Waals surface area contributed by atoms with Crippen LogP contribution in [0.25, 0.3) is 0 Å². The summed E-state index contributed by atoms with van der Waals surface area (Å²) in [5, 5.41) is 0.618. The smallest absolute Gasteiger partial charge is 0.307 e. The Labute approximate surface area is 120 Å². The first-order valence-corrected chi connectivity index (χ1v) is 6.07. The molecule has 6 heteroatoms. The number of halogens is 3. The molecule has 2 N–H and O–H groups in total. The summed E-state index contributed by atoms with van der Waals surface area (Å²) in [6, 6.07) is 4.99. The highest BCUT2D eigenvalue weighted by atomic mass is 79.9. The maximum absolute atomic E-state index is 11.2. The van der Waals surface area contributed by atoms with E-state index in [0.29, 0.717) is 11.6 Å². The van der Waals surface area contributed by atoms with Crippen molar-refractivity contribution in [3.05, 3.63) is 33.3 Å². The molecule has 3 nitrogen and oxygen atoms in total. The average Bonchev–Trinajstić information content (AvgIpc) is 2.22. The molecule has 0 aliphatic carbocycles. The minimum Gasteiger partial charge on any atom is -0.466 e. The highest BCUT2D eigenvalue weighted by molar-refractivity contribution is 9.10. The van der Waals surface area contributed by atoms with E-state index < -0.39 is 0 Å². The van der Waals surface area contributed by atoms with Crippen molar-refractivity contribution in [1.29, 1.82) is 0 Å². The van der Waals surface area contributed by atoms with Gasteiger partial charge in [-0.15, -0.1) is 12.4 Å². The Bertz CT molecular complexity index is 388. The molecule has 0 fully saturated rings. The zero-order chi connectivity index (χ0) is 12.1. The fourth-order valence-electron chi connectivity index (χ4n) is 1.26. The van der Waals surface area contributed by atoms with Gasteiger partial charge < -0.3 is 10.5 Å². The summed E-state index contributed by atoms with van der Waals surface area (Å²) in [4.78, 5) is 11.2. The molecule has 0 aliphatic rings. The van der Waals surface area contributed by atoms with Gasteiger partial charge in [0.1, 0.15) is 0 Å². The normalized spacial score (nSPS) is 11.5. The number of rotatable bonds is 4. The lowest BCUT2D eigenvalue weighted by Crippen LogP contribution is -2.17. The van der Waals surface area contributed by atoms with Gasteiger partial charge in [-0.3, -0.25) is 4.79 Å². The summed E-state index contributed by atoms with van der Waals surface area (Å²) in [6.07, 6.45) is 0.169. The van der Waals surface area contributed by atoms with Crippen LogP contribution in [0.3, 0.4) is 0 Å². The predicted octanol–water partition coefficient (Wildman–Crippen LogP) is 3.48. The molecule has 1 rings (SSSR count). The largest absolute Gasteiger partial charge is 0.466 e. The van der Waals surface area contributed by atoms with Gasteiger partial charge in [0.2, 0.25) is 0 Å². The number of carbonyl (C=O) groups excluding carboxylic acids is 1. The molecule has 0 heterocycles. The van der Waals surface area contributed by atoms with Crippen molar-refractivity contribution in [2.75, 3.05) is 6.61 Å². The molecule has 1 aromatic carbocycles. The van der Waals surface area contributed by atoms with Gasteiger partial charge in [0.15, 0.2) is 0 Å². The van der Waals surface area contributed by atoms with Crippen LogP contribution in [-0.4, -0.2) is 12.6 Å². The van der Waals surface area contributed by atoms with Gasteiger partial charge >= 0.3 is 5.97 Å². The van der Waals surface area contributed by atoms with Gasteiger partial charge in [-0.1, -0.05) is 17.7 Å². The van der Waals surface area contributed by atoms with Crippen molar-refractivity contribution in [3.63, 3.8) is 0 Å². The zero-order valence-corrected chi connectivity index (χ0v) is 12.4. The highest BCUT2D eigenvalue weighted by Crippen LogP contribution is 2.26. The molecule has 0 aromatic heterocycles. The lowest BCUT2D eigenvalue weighted by molar-refractivity contribution is -0.143. The third kappa shape index (κ3) is 5.25. The Kier molecular flexibility index (Phi) is 7.79. The van der Waals surface area contributed by atoms with Crippen LogP contribution in [0.2, 0.25) is 5.02 Å². The van der Waals surface area contributed by atoms with E-state index in [4.69, 9.17) is 22.1 Å². The summed E-state index contributed by atoms with van der Waals surface area (Å²) in [5.41, 5.74) is 6.73. The Morgan fingerprint density at radius 1 is 1.59 bits per heavy atom. The van der Waals surface area contributed by atoms with Crippen LogP contribution in [0.4, 0.5) is 0 Å². The van der Waals surface area contributed by atoms with E-state index in [1.807, 2.05) is 6.07 Å². The van der Waals surface area contributed by atoms with E-state index >= 15 is 0 Å². The van der Waals surface area contributed by atoms with E-state index in [0.717, 1.165) is 10.0 Å². The summed E-state index contributed by atoms with van der Waals surface area (Å²) in [6.45, 7) is 2.14. The molecule has 0 saturated heterocycles. The monoisotopic (exact) mass is 341 g/mol. The first-order valence-electron chi connectivity index (χ1n) is 4.90. The second-order valence-electron chi connectivity index (χ2n) is 3.29. The van der Waals surface area contributed by atoms with E-state index in [-0.39, 0.29) is 30.8 Å². The van der Waals surface area contributed by atoms with Crippen LogP contribution >= 0.6 is 39.9 Å². The minimum absolute atomic E-state index is 0. The van der Waals surface area contributed by atoms with Crippen LogP contribution < -0.4 is 5.73 Å². The zero-order valence-electron chi connectivity index (χ0n) is 9.28. The van der Waals surface area contributed by atoms with Gasteiger partial charge in [-0.05, 0) is 40.5 Å². The summed E-state index contributed by atoms with van der Waals surface area (Å²) in [5.74, 6) is -0.291. The maximum atomic E-state index is 11.2. The number of hydrogen-bond acceptors (Lipinski definition) is 3. The Hall–Kier alpha value is -0.290. The molecule has 96 valence electrons. The fourth-order valence-corrected chi connectivity index (χ4v) is 1.77. The van der Waals surface area contributed by atoms with Crippen molar-refractivity contribution in [3.8, 4) is 0 Å². The highest BCUT2D eigenvalue weighted by Gasteiger charge is 2.13. The second kappa shape index (κ2) is 7.93. The second-order valence-corrected chi connectivity index (χ2v) is 4.55. The number of esters is 1. The van der Waals surface area contributed by atoms with Gasteiger partial charge in [0.05, 0.1) is 18.1 Å². The topological polar surface area (TPSA) is 52.3 Å². The van der Waals surface area contributed by atoms with Gasteiger partial charge in [0, 0.05) is 10.5 Å². The molecule has 0 aliphatic heterocycles. The number of carbonyl (C=O) groups is 1. The third-order valence-corrected chi connectivity index (χ3v) is 3.28. The summed E-state index contributed by atoms with van der Waals surface area (Å²) >= 11 is 9.17. The third-order valence-electron chi connectivity index (χ3n) is 2.06. The van der Waals surface area contributed by atoms with Crippen LogP contribution in [0.15, 0.2) is 22.7 Å². The first kappa shape index (κ1) is 16.7. The van der Waals surface area contributed by atoms with Gasteiger partial charge in [0.25, 0.3) is 0 Å². The molecule has 1 atom stereocenters. The predicted molar refractivity (Wildman–Crippen MR) is 74.6 cm³/mol. The van der Waals surface area contributed by atoms with Crippen LogP contribution in [0, 0.1) is 0 Å². The van der Waals surface area contributed by atoms with E-state index in [2.05, 4.69) is 15.9 Å². The summed E-state index contributed by atoms with van der Waals surface area (Å²) < 4.78 is 5.60. The Morgan fingerprint density at radius 2 is 2.24 bits per heavy atom. The molecule has 1 aromatic rings. The van der Waals surface area contributed by atoms with Crippen molar-refractivity contribution in [1.82, 2.24) is 0 Å². The van der Waals surface area contributed by atoms with E-state index in [1.54, 1.807) is 19.1 Å². The molecule has 17 heavy (non-hydrogen) atoms. The van der Waals surface area contributed by atoms with Crippen molar-refractivity contribution in [2.45, 2.75) is 19.4 Å². The van der Waals surface area contributed by atoms with Crippen molar-refractivity contribution in [2.24, 2.45) is 5.73 Å². The van der Waals surface area contributed by atoms with Crippen LogP contribution in [-0.2, 0) is 9.53 Å². The molecule has 0 unspecified atom stereocenters. The maximum Gasteiger partial charge on any atom is 0.307 e. The van der Waals surface area contributed by atoms with Crippen LogP contribution in [0.1, 0.15) is 24.9 Å². The standard InChI is InChI=1S/C11H13BrClNO2.ClH/c1-2-16-11(15)6-10(14)7-3-4-9(13)8(12)5-7;/h3-5,10H,2,6,14H2,1H3;1H/t10-;/m1./s1. The molecule has 0 amide bonds. The first-order chi connectivity index (χ1) is 7.54. The molecule has 0 bridgehead atoms. The molecule has 0 radical (unpaired) electrons. The quantitative estimate of drug-likeness (QED) is 0.852. The Balaban J connectivity index is 0.00000256. The van der Waals surface area contributed by atoms with Gasteiger partial charge in [-0.25, -0.2) is 0 Å². The number of ether oxygens (including phenoxy) is 1. The number of hydrogen-bond donors (Lipinski definition) is 1. The lowest BCUT2D eigenvalue weighted by atomic mass is 10.1. The van der Waals surface area contributed by atoms with Crippen LogP contribution in [0.5, 0.6) is 0 Å². The molecular weight excluding hydrogens is 329 g/mol. The van der Waals surface area contributed by atoms with Gasteiger partial charge in [-0.2, -0.15) is 0 Å². The van der Waals surface area contributed by atoms with Crippen molar-refractivity contribution >= 4 is 45.9 Å². The number of benzene rings is 1. The van der Waals surface area contributed by atoms with E-state index in [1.165, 1.54) is 0 Å².